The maximum absolute atomic E-state index is 9.89. The molecule has 1 aromatic carbocycles. The molecule has 0 saturated carbocycles. The van der Waals surface area contributed by atoms with Crippen LogP contribution in [0.4, 0.5) is 0 Å². The zero-order valence-electron chi connectivity index (χ0n) is 10.4. The number of phenolic OH excluding ortho intramolecular Hbond substituents is 1. The summed E-state index contributed by atoms with van der Waals surface area (Å²) in [5, 5.41) is 9.89. The summed E-state index contributed by atoms with van der Waals surface area (Å²) in [6.45, 7) is 8.07. The van der Waals surface area contributed by atoms with E-state index in [1.165, 1.54) is 24.0 Å². The van der Waals surface area contributed by atoms with Crippen molar-refractivity contribution >= 4 is 0 Å². The number of hydrogen-bond donors (Lipinski definition) is 1. The van der Waals surface area contributed by atoms with E-state index in [9.17, 15) is 5.11 Å². The van der Waals surface area contributed by atoms with E-state index in [4.69, 9.17) is 0 Å². The third-order valence-electron chi connectivity index (χ3n) is 2.95. The van der Waals surface area contributed by atoms with E-state index in [0.29, 0.717) is 5.75 Å². The Morgan fingerprint density at radius 1 is 1.19 bits per heavy atom. The number of allylic oxidation sites excluding steroid dienone is 1. The summed E-state index contributed by atoms with van der Waals surface area (Å²) in [6.07, 6.45) is 7.06. The Morgan fingerprint density at radius 2 is 1.94 bits per heavy atom. The van der Waals surface area contributed by atoms with Crippen LogP contribution in [0.3, 0.4) is 0 Å². The highest BCUT2D eigenvalue weighted by molar-refractivity contribution is 5.43. The van der Waals surface area contributed by atoms with Gasteiger partial charge >= 0.3 is 0 Å². The summed E-state index contributed by atoms with van der Waals surface area (Å²) in [6, 6.07) is 4.06. The van der Waals surface area contributed by atoms with E-state index in [0.717, 1.165) is 24.8 Å². The zero-order chi connectivity index (χ0) is 12.0. The molecule has 0 amide bonds. The lowest BCUT2D eigenvalue weighted by atomic mass is 9.96. The van der Waals surface area contributed by atoms with Crippen LogP contribution in [0.2, 0.25) is 0 Å². The Balaban J connectivity index is 3.00. The fourth-order valence-corrected chi connectivity index (χ4v) is 1.98. The van der Waals surface area contributed by atoms with E-state index >= 15 is 0 Å². The average Bonchev–Trinajstić information content (AvgIpc) is 2.29. The highest BCUT2D eigenvalue weighted by Gasteiger charge is 2.07. The first-order valence-electron chi connectivity index (χ1n) is 6.17. The third-order valence-corrected chi connectivity index (χ3v) is 2.95. The van der Waals surface area contributed by atoms with Gasteiger partial charge in [-0.1, -0.05) is 32.4 Å². The number of aromatic hydroxyl groups is 1. The Morgan fingerprint density at radius 3 is 2.50 bits per heavy atom. The second kappa shape index (κ2) is 6.37. The number of benzene rings is 1. The van der Waals surface area contributed by atoms with Crippen molar-refractivity contribution in [1.29, 1.82) is 0 Å². The molecule has 16 heavy (non-hydrogen) atoms. The maximum Gasteiger partial charge on any atom is 0.119 e. The largest absolute Gasteiger partial charge is 0.508 e. The average molecular weight is 218 g/mol. The molecule has 0 heterocycles. The molecule has 88 valence electrons. The quantitative estimate of drug-likeness (QED) is 0.715. The van der Waals surface area contributed by atoms with Crippen LogP contribution in [0.25, 0.3) is 0 Å². The van der Waals surface area contributed by atoms with Crippen LogP contribution in [0, 0.1) is 0 Å². The van der Waals surface area contributed by atoms with Crippen molar-refractivity contribution in [2.24, 2.45) is 0 Å². The summed E-state index contributed by atoms with van der Waals surface area (Å²) in [7, 11) is 0. The number of phenols is 1. The molecular formula is C15H22O. The summed E-state index contributed by atoms with van der Waals surface area (Å²) in [5.41, 5.74) is 3.66. The summed E-state index contributed by atoms with van der Waals surface area (Å²) in [4.78, 5) is 0. The zero-order valence-corrected chi connectivity index (χ0v) is 10.4. The summed E-state index contributed by atoms with van der Waals surface area (Å²) in [5.74, 6) is 0.420. The van der Waals surface area contributed by atoms with Crippen LogP contribution in [-0.4, -0.2) is 5.11 Å². The van der Waals surface area contributed by atoms with Crippen molar-refractivity contribution in [1.82, 2.24) is 0 Å². The second-order valence-corrected chi connectivity index (χ2v) is 4.20. The van der Waals surface area contributed by atoms with E-state index in [1.54, 1.807) is 0 Å². The van der Waals surface area contributed by atoms with Crippen molar-refractivity contribution < 1.29 is 5.11 Å². The minimum Gasteiger partial charge on any atom is -0.508 e. The Hall–Kier alpha value is -1.24. The lowest BCUT2D eigenvalue weighted by molar-refractivity contribution is 0.468. The topological polar surface area (TPSA) is 20.2 Å². The molecule has 1 nitrogen and oxygen atoms in total. The fraction of sp³-hybridized carbons (Fsp3) is 0.467. The third kappa shape index (κ3) is 3.13. The van der Waals surface area contributed by atoms with Crippen molar-refractivity contribution in [3.8, 4) is 5.75 Å². The molecule has 0 unspecified atom stereocenters. The number of aryl methyl sites for hydroxylation is 2. The molecule has 0 radical (unpaired) electrons. The molecule has 0 bridgehead atoms. The molecule has 0 aliphatic heterocycles. The van der Waals surface area contributed by atoms with Gasteiger partial charge in [0, 0.05) is 0 Å². The van der Waals surface area contributed by atoms with Gasteiger partial charge in [0.2, 0.25) is 0 Å². The molecule has 1 heteroatoms. The van der Waals surface area contributed by atoms with Crippen LogP contribution in [0.15, 0.2) is 24.8 Å². The van der Waals surface area contributed by atoms with Gasteiger partial charge in [0.15, 0.2) is 0 Å². The van der Waals surface area contributed by atoms with E-state index in [2.05, 4.69) is 26.5 Å². The smallest absolute Gasteiger partial charge is 0.119 e. The van der Waals surface area contributed by atoms with Crippen LogP contribution in [0.5, 0.6) is 5.75 Å². The molecule has 0 aromatic heterocycles. The highest BCUT2D eigenvalue weighted by Crippen LogP contribution is 2.25. The number of hydrogen-bond acceptors (Lipinski definition) is 1. The van der Waals surface area contributed by atoms with Gasteiger partial charge in [-0.25, -0.2) is 0 Å². The predicted octanol–water partition coefficient (Wildman–Crippen LogP) is 4.03. The SMILES string of the molecule is C=CCc1cc(CC)c(CCCC)cc1O. The summed E-state index contributed by atoms with van der Waals surface area (Å²) < 4.78 is 0. The van der Waals surface area contributed by atoms with E-state index < -0.39 is 0 Å². The fourth-order valence-electron chi connectivity index (χ4n) is 1.98. The van der Waals surface area contributed by atoms with Gasteiger partial charge < -0.3 is 5.11 Å². The number of unbranched alkanes of at least 4 members (excludes halogenated alkanes) is 1. The summed E-state index contributed by atoms with van der Waals surface area (Å²) >= 11 is 0. The minimum absolute atomic E-state index is 0.420. The molecule has 0 spiro atoms. The van der Waals surface area contributed by atoms with Gasteiger partial charge in [0.05, 0.1) is 0 Å². The van der Waals surface area contributed by atoms with E-state index in [1.807, 2.05) is 12.1 Å². The normalized spacial score (nSPS) is 10.4. The minimum atomic E-state index is 0.420. The van der Waals surface area contributed by atoms with Gasteiger partial charge in [-0.2, -0.15) is 0 Å². The maximum atomic E-state index is 9.89. The molecule has 0 fully saturated rings. The van der Waals surface area contributed by atoms with Crippen LogP contribution in [0.1, 0.15) is 43.4 Å². The first-order chi connectivity index (χ1) is 7.72. The van der Waals surface area contributed by atoms with Gasteiger partial charge in [-0.05, 0) is 48.4 Å². The van der Waals surface area contributed by atoms with Gasteiger partial charge in [-0.15, -0.1) is 6.58 Å². The monoisotopic (exact) mass is 218 g/mol. The van der Waals surface area contributed by atoms with Gasteiger partial charge in [0.25, 0.3) is 0 Å². The van der Waals surface area contributed by atoms with Crippen LogP contribution in [-0.2, 0) is 19.3 Å². The predicted molar refractivity (Wildman–Crippen MR) is 70.0 cm³/mol. The molecule has 0 aliphatic carbocycles. The van der Waals surface area contributed by atoms with Gasteiger partial charge in [-0.3, -0.25) is 0 Å². The Kier molecular flexibility index (Phi) is 5.10. The molecule has 0 atom stereocenters. The van der Waals surface area contributed by atoms with Crippen molar-refractivity contribution in [3.05, 3.63) is 41.5 Å². The lowest BCUT2D eigenvalue weighted by Crippen LogP contribution is -1.96. The van der Waals surface area contributed by atoms with Gasteiger partial charge in [0.1, 0.15) is 5.75 Å². The van der Waals surface area contributed by atoms with Crippen molar-refractivity contribution in [2.75, 3.05) is 0 Å². The highest BCUT2D eigenvalue weighted by atomic mass is 16.3. The first kappa shape index (κ1) is 12.8. The lowest BCUT2D eigenvalue weighted by Gasteiger charge is -2.11. The second-order valence-electron chi connectivity index (χ2n) is 4.20. The van der Waals surface area contributed by atoms with E-state index in [-0.39, 0.29) is 0 Å². The number of rotatable bonds is 6. The van der Waals surface area contributed by atoms with Crippen LogP contribution >= 0.6 is 0 Å². The molecule has 1 rings (SSSR count). The Labute approximate surface area is 98.8 Å². The Bertz CT molecular complexity index is 353. The molecule has 1 aromatic rings. The molecule has 0 aliphatic rings. The van der Waals surface area contributed by atoms with Crippen molar-refractivity contribution in [3.63, 3.8) is 0 Å². The molecular weight excluding hydrogens is 196 g/mol. The molecule has 0 saturated heterocycles. The van der Waals surface area contributed by atoms with Crippen LogP contribution < -0.4 is 0 Å². The first-order valence-corrected chi connectivity index (χ1v) is 6.17. The van der Waals surface area contributed by atoms with Crippen molar-refractivity contribution in [2.45, 2.75) is 46.0 Å². The molecule has 1 N–H and O–H groups in total. The standard InChI is InChI=1S/C15H22O/c1-4-7-9-13-11-15(16)14(8-5-2)10-12(13)6-3/h5,10-11,16H,2,4,6-9H2,1,3H3.